The molecule has 178 valence electrons. The summed E-state index contributed by atoms with van der Waals surface area (Å²) in [5.74, 6) is -1.16. The van der Waals surface area contributed by atoms with Gasteiger partial charge in [-0.05, 0) is 37.4 Å². The zero-order valence-corrected chi connectivity index (χ0v) is 19.0. The number of carbonyl (C=O) groups is 1. The van der Waals surface area contributed by atoms with Crippen molar-refractivity contribution in [3.05, 3.63) is 54.1 Å². The SMILES string of the molecule is CN(CCNS(=O)(=O)c1cc(S(=O)(=O)c2ccccc2)ccc1C(F)(F)F)CC(=O)O.Cl. The number of likely N-dealkylation sites (N-methyl/N-ethyl adjacent to an activating group) is 1. The maximum atomic E-state index is 13.4. The van der Waals surface area contributed by atoms with Crippen LogP contribution in [0.15, 0.2) is 63.2 Å². The molecule has 0 radical (unpaired) electrons. The van der Waals surface area contributed by atoms with Crippen molar-refractivity contribution >= 4 is 38.2 Å². The Morgan fingerprint density at radius 2 is 1.62 bits per heavy atom. The summed E-state index contributed by atoms with van der Waals surface area (Å²) in [4.78, 5) is 9.81. The minimum Gasteiger partial charge on any atom is -0.480 e. The van der Waals surface area contributed by atoms with Crippen LogP contribution in [0.3, 0.4) is 0 Å². The molecule has 0 unspecified atom stereocenters. The molecule has 32 heavy (non-hydrogen) atoms. The van der Waals surface area contributed by atoms with E-state index in [0.717, 1.165) is 0 Å². The fourth-order valence-corrected chi connectivity index (χ4v) is 5.27. The molecule has 0 saturated carbocycles. The standard InChI is InChI=1S/C18H19F3N2O6S2.ClH/c1-23(12-17(24)25)10-9-22-31(28,29)16-11-14(7-8-15(16)18(19,20)21)30(26,27)13-5-3-2-4-6-13;/h2-8,11,22H,9-10,12H2,1H3,(H,24,25);1H. The molecule has 0 aromatic heterocycles. The summed E-state index contributed by atoms with van der Waals surface area (Å²) in [6, 6.07) is 8.43. The second-order valence-electron chi connectivity index (χ2n) is 6.50. The van der Waals surface area contributed by atoms with Crippen molar-refractivity contribution < 1.29 is 39.9 Å². The van der Waals surface area contributed by atoms with Gasteiger partial charge >= 0.3 is 12.1 Å². The van der Waals surface area contributed by atoms with E-state index in [9.17, 15) is 34.8 Å². The predicted octanol–water partition coefficient (Wildman–Crippen LogP) is 2.25. The number of hydrogen-bond donors (Lipinski definition) is 2. The maximum absolute atomic E-state index is 13.4. The Balaban J connectivity index is 0.00000512. The van der Waals surface area contributed by atoms with Crippen LogP contribution in [-0.2, 0) is 30.8 Å². The third-order valence-electron chi connectivity index (χ3n) is 4.10. The average Bonchev–Trinajstić information content (AvgIpc) is 2.66. The van der Waals surface area contributed by atoms with Gasteiger partial charge in [-0.15, -0.1) is 12.4 Å². The van der Waals surface area contributed by atoms with Crippen LogP contribution in [0, 0.1) is 0 Å². The first-order chi connectivity index (χ1) is 14.2. The number of sulfonamides is 1. The Labute approximate surface area is 189 Å². The molecule has 2 rings (SSSR count). The minimum atomic E-state index is -5.06. The molecule has 14 heteroatoms. The zero-order chi connectivity index (χ0) is 23.4. The molecule has 0 saturated heterocycles. The lowest BCUT2D eigenvalue weighted by molar-refractivity contribution is -0.140. The fraction of sp³-hybridized carbons (Fsp3) is 0.278. The number of nitrogens with zero attached hydrogens (tertiary/aromatic N) is 1. The van der Waals surface area contributed by atoms with Crippen LogP contribution >= 0.6 is 12.4 Å². The minimum absolute atomic E-state index is 0. The van der Waals surface area contributed by atoms with Crippen molar-refractivity contribution in [1.29, 1.82) is 0 Å². The highest BCUT2D eigenvalue weighted by atomic mass is 35.5. The second-order valence-corrected chi connectivity index (χ2v) is 10.2. The number of halogens is 4. The molecule has 2 aromatic rings. The third-order valence-corrected chi connectivity index (χ3v) is 7.37. The highest BCUT2D eigenvalue weighted by Crippen LogP contribution is 2.36. The van der Waals surface area contributed by atoms with E-state index in [1.807, 2.05) is 4.72 Å². The second kappa shape index (κ2) is 10.6. The number of carboxylic acids is 1. The number of carboxylic acid groups (broad SMARTS) is 1. The Morgan fingerprint density at radius 3 is 2.16 bits per heavy atom. The van der Waals surface area contributed by atoms with Gasteiger partial charge in [0.1, 0.15) is 0 Å². The molecule has 0 bridgehead atoms. The lowest BCUT2D eigenvalue weighted by Crippen LogP contribution is -2.36. The largest absolute Gasteiger partial charge is 0.480 e. The van der Waals surface area contributed by atoms with Gasteiger partial charge < -0.3 is 5.11 Å². The van der Waals surface area contributed by atoms with E-state index in [1.54, 1.807) is 6.07 Å². The van der Waals surface area contributed by atoms with E-state index in [0.29, 0.717) is 18.2 Å². The smallest absolute Gasteiger partial charge is 0.417 e. The third kappa shape index (κ3) is 6.90. The maximum Gasteiger partial charge on any atom is 0.417 e. The summed E-state index contributed by atoms with van der Waals surface area (Å²) >= 11 is 0. The summed E-state index contributed by atoms with van der Waals surface area (Å²) in [5.41, 5.74) is -1.52. The van der Waals surface area contributed by atoms with Gasteiger partial charge in [0.25, 0.3) is 0 Å². The van der Waals surface area contributed by atoms with Crippen LogP contribution in [0.25, 0.3) is 0 Å². The lowest BCUT2D eigenvalue weighted by atomic mass is 10.2. The topological polar surface area (TPSA) is 121 Å². The Kier molecular flexibility index (Phi) is 9.24. The van der Waals surface area contributed by atoms with Crippen molar-refractivity contribution in [3.8, 4) is 0 Å². The Hall–Kier alpha value is -2.19. The highest BCUT2D eigenvalue weighted by molar-refractivity contribution is 7.91. The summed E-state index contributed by atoms with van der Waals surface area (Å²) in [6.45, 7) is -0.895. The number of rotatable bonds is 9. The molecule has 0 heterocycles. The molecular formula is C18H20ClF3N2O6S2. The van der Waals surface area contributed by atoms with Crippen LogP contribution in [0.4, 0.5) is 13.2 Å². The molecule has 0 amide bonds. The van der Waals surface area contributed by atoms with Gasteiger partial charge in [0.15, 0.2) is 0 Å². The van der Waals surface area contributed by atoms with Crippen LogP contribution in [0.1, 0.15) is 5.56 Å². The number of alkyl halides is 3. The number of nitrogens with one attached hydrogen (secondary N) is 1. The molecule has 0 aliphatic carbocycles. The van der Waals surface area contributed by atoms with Crippen LogP contribution in [-0.4, -0.2) is 59.5 Å². The summed E-state index contributed by atoms with van der Waals surface area (Å²) < 4.78 is 92.8. The van der Waals surface area contributed by atoms with Gasteiger partial charge in [0.2, 0.25) is 19.9 Å². The molecule has 0 aliphatic heterocycles. The summed E-state index contributed by atoms with van der Waals surface area (Å²) in [7, 11) is -7.65. The normalized spacial score (nSPS) is 12.4. The van der Waals surface area contributed by atoms with E-state index in [1.165, 1.54) is 36.2 Å². The molecule has 2 aromatic carbocycles. The molecule has 0 spiro atoms. The van der Waals surface area contributed by atoms with E-state index < -0.39 is 53.9 Å². The number of benzene rings is 2. The first kappa shape index (κ1) is 27.8. The Morgan fingerprint density at radius 1 is 1.03 bits per heavy atom. The lowest BCUT2D eigenvalue weighted by Gasteiger charge is -2.17. The van der Waals surface area contributed by atoms with E-state index in [4.69, 9.17) is 5.11 Å². The average molecular weight is 517 g/mol. The van der Waals surface area contributed by atoms with Crippen molar-refractivity contribution in [3.63, 3.8) is 0 Å². The Bertz CT molecular complexity index is 1160. The van der Waals surface area contributed by atoms with Crippen molar-refractivity contribution in [2.45, 2.75) is 20.9 Å². The predicted molar refractivity (Wildman–Crippen MR) is 111 cm³/mol. The van der Waals surface area contributed by atoms with Gasteiger partial charge in [-0.3, -0.25) is 9.69 Å². The molecule has 8 nitrogen and oxygen atoms in total. The van der Waals surface area contributed by atoms with Crippen LogP contribution in [0.5, 0.6) is 0 Å². The summed E-state index contributed by atoms with van der Waals surface area (Å²) in [5, 5.41) is 8.69. The highest BCUT2D eigenvalue weighted by Gasteiger charge is 2.38. The monoisotopic (exact) mass is 516 g/mol. The van der Waals surface area contributed by atoms with Gasteiger partial charge in [-0.25, -0.2) is 21.6 Å². The van der Waals surface area contributed by atoms with Gasteiger partial charge in [0, 0.05) is 13.1 Å². The first-order valence-electron chi connectivity index (χ1n) is 8.66. The summed E-state index contributed by atoms with van der Waals surface area (Å²) in [6.07, 6.45) is -5.06. The van der Waals surface area contributed by atoms with E-state index in [2.05, 4.69) is 0 Å². The van der Waals surface area contributed by atoms with Crippen molar-refractivity contribution in [2.75, 3.05) is 26.7 Å². The molecule has 2 N–H and O–H groups in total. The van der Waals surface area contributed by atoms with Crippen LogP contribution in [0.2, 0.25) is 0 Å². The van der Waals surface area contributed by atoms with E-state index >= 15 is 0 Å². The van der Waals surface area contributed by atoms with Crippen molar-refractivity contribution in [1.82, 2.24) is 9.62 Å². The van der Waals surface area contributed by atoms with Gasteiger partial charge in [-0.2, -0.15) is 13.2 Å². The van der Waals surface area contributed by atoms with E-state index in [-0.39, 0.29) is 30.4 Å². The van der Waals surface area contributed by atoms with Gasteiger partial charge in [-0.1, -0.05) is 18.2 Å². The number of aliphatic carboxylic acids is 1. The van der Waals surface area contributed by atoms with Gasteiger partial charge in [0.05, 0.1) is 26.8 Å². The molecule has 0 aliphatic rings. The molecule has 0 atom stereocenters. The molecular weight excluding hydrogens is 497 g/mol. The quantitative estimate of drug-likeness (QED) is 0.524. The zero-order valence-electron chi connectivity index (χ0n) is 16.5. The van der Waals surface area contributed by atoms with Crippen LogP contribution < -0.4 is 4.72 Å². The number of sulfone groups is 1. The fourth-order valence-electron chi connectivity index (χ4n) is 2.62. The number of hydrogen-bond acceptors (Lipinski definition) is 6. The molecule has 0 fully saturated rings. The van der Waals surface area contributed by atoms with Crippen molar-refractivity contribution in [2.24, 2.45) is 0 Å². The first-order valence-corrected chi connectivity index (χ1v) is 11.6.